The summed E-state index contributed by atoms with van der Waals surface area (Å²) in [6, 6.07) is 20.7. The molecule has 0 aliphatic carbocycles. The summed E-state index contributed by atoms with van der Waals surface area (Å²) in [6.07, 6.45) is -0.814. The van der Waals surface area contributed by atoms with Crippen LogP contribution < -0.4 is 10.1 Å². The molecule has 0 unspecified atom stereocenters. The molecule has 138 valence electrons. The number of hydrogen-bond donors (Lipinski definition) is 1. The van der Waals surface area contributed by atoms with E-state index in [2.05, 4.69) is 5.32 Å². The van der Waals surface area contributed by atoms with Gasteiger partial charge in [0.05, 0.1) is 19.2 Å². The molecule has 0 saturated heterocycles. The number of methoxy groups -OCH3 is 1. The summed E-state index contributed by atoms with van der Waals surface area (Å²) in [4.78, 5) is 24.7. The van der Waals surface area contributed by atoms with Crippen LogP contribution in [0.5, 0.6) is 5.75 Å². The van der Waals surface area contributed by atoms with Crippen molar-refractivity contribution in [1.29, 1.82) is 0 Å². The molecule has 3 rings (SSSR count). The van der Waals surface area contributed by atoms with Crippen molar-refractivity contribution in [1.82, 2.24) is 0 Å². The maximum Gasteiger partial charge on any atom is 0.311 e. The molecule has 0 spiro atoms. The highest BCUT2D eigenvalue weighted by molar-refractivity contribution is 5.96. The van der Waals surface area contributed by atoms with Gasteiger partial charge in [0.25, 0.3) is 5.91 Å². The standard InChI is InChI=1S/C22H21NO4/c1-15(22(25)23-19-12-5-6-13-20(19)26-2)27-21(24)14-17-10-7-9-16-8-3-4-11-18(16)17/h3-13,15H,14H2,1-2H3,(H,23,25)/t15-/m0/s1. The Labute approximate surface area is 157 Å². The second kappa shape index (κ2) is 8.36. The SMILES string of the molecule is COc1ccccc1NC(=O)[C@H](C)OC(=O)Cc1cccc2ccccc12. The predicted molar refractivity (Wildman–Crippen MR) is 105 cm³/mol. The van der Waals surface area contributed by atoms with Gasteiger partial charge in [-0.25, -0.2) is 0 Å². The highest BCUT2D eigenvalue weighted by Gasteiger charge is 2.19. The second-order valence-electron chi connectivity index (χ2n) is 6.14. The summed E-state index contributed by atoms with van der Waals surface area (Å²) >= 11 is 0. The molecule has 5 heteroatoms. The molecule has 1 amide bonds. The van der Waals surface area contributed by atoms with Gasteiger partial charge in [0.15, 0.2) is 6.10 Å². The molecule has 0 saturated carbocycles. The van der Waals surface area contributed by atoms with E-state index in [1.54, 1.807) is 25.1 Å². The maximum atomic E-state index is 12.3. The first-order chi connectivity index (χ1) is 13.1. The van der Waals surface area contributed by atoms with Crippen LogP contribution in [0.1, 0.15) is 12.5 Å². The third-order valence-corrected chi connectivity index (χ3v) is 4.26. The highest BCUT2D eigenvalue weighted by Crippen LogP contribution is 2.23. The van der Waals surface area contributed by atoms with Crippen molar-refractivity contribution in [2.45, 2.75) is 19.4 Å². The fourth-order valence-corrected chi connectivity index (χ4v) is 2.88. The summed E-state index contributed by atoms with van der Waals surface area (Å²) in [7, 11) is 1.53. The first kappa shape index (κ1) is 18.5. The van der Waals surface area contributed by atoms with E-state index in [9.17, 15) is 9.59 Å². The Balaban J connectivity index is 1.64. The van der Waals surface area contributed by atoms with Gasteiger partial charge in [-0.15, -0.1) is 0 Å². The molecule has 1 N–H and O–H groups in total. The molecule has 5 nitrogen and oxygen atoms in total. The molecule has 0 fully saturated rings. The smallest absolute Gasteiger partial charge is 0.311 e. The number of carbonyl (C=O) groups excluding carboxylic acids is 2. The molecule has 27 heavy (non-hydrogen) atoms. The molecule has 3 aromatic carbocycles. The lowest BCUT2D eigenvalue weighted by Crippen LogP contribution is -2.30. The summed E-state index contributed by atoms with van der Waals surface area (Å²) < 4.78 is 10.5. The number of carbonyl (C=O) groups is 2. The molecule has 0 heterocycles. The highest BCUT2D eigenvalue weighted by atomic mass is 16.5. The lowest BCUT2D eigenvalue weighted by atomic mass is 10.0. The molecule has 0 bridgehead atoms. The lowest BCUT2D eigenvalue weighted by molar-refractivity contribution is -0.152. The minimum absolute atomic E-state index is 0.105. The Kier molecular flexibility index (Phi) is 5.71. The van der Waals surface area contributed by atoms with Crippen LogP contribution in [0.15, 0.2) is 66.7 Å². The van der Waals surface area contributed by atoms with Crippen LogP contribution in [0.4, 0.5) is 5.69 Å². The number of hydrogen-bond acceptors (Lipinski definition) is 4. The van der Waals surface area contributed by atoms with Crippen LogP contribution in [-0.2, 0) is 20.7 Å². The summed E-state index contributed by atoms with van der Waals surface area (Å²) in [5, 5.41) is 4.78. The molecule has 0 aliphatic rings. The van der Waals surface area contributed by atoms with Crippen molar-refractivity contribution in [2.24, 2.45) is 0 Å². The molecule has 3 aromatic rings. The number of esters is 1. The Hall–Kier alpha value is -3.34. The van der Waals surface area contributed by atoms with Gasteiger partial charge in [0.1, 0.15) is 5.75 Å². The van der Waals surface area contributed by atoms with Gasteiger partial charge >= 0.3 is 5.97 Å². The Morgan fingerprint density at radius 1 is 0.963 bits per heavy atom. The first-order valence-corrected chi connectivity index (χ1v) is 8.68. The summed E-state index contributed by atoms with van der Waals surface area (Å²) in [6.45, 7) is 1.55. The van der Waals surface area contributed by atoms with Crippen LogP contribution in [0.25, 0.3) is 10.8 Å². The Bertz CT molecular complexity index is 962. The van der Waals surface area contributed by atoms with Crippen molar-refractivity contribution >= 4 is 28.3 Å². The molecule has 1 atom stereocenters. The zero-order valence-corrected chi connectivity index (χ0v) is 15.3. The largest absolute Gasteiger partial charge is 0.495 e. The number of anilines is 1. The minimum atomic E-state index is -0.919. The minimum Gasteiger partial charge on any atom is -0.495 e. The zero-order valence-electron chi connectivity index (χ0n) is 15.3. The molecule has 0 aliphatic heterocycles. The van der Waals surface area contributed by atoms with Gasteiger partial charge in [-0.05, 0) is 35.4 Å². The van der Waals surface area contributed by atoms with Crippen LogP contribution in [0.2, 0.25) is 0 Å². The topological polar surface area (TPSA) is 64.6 Å². The van der Waals surface area contributed by atoms with Crippen molar-refractivity contribution in [3.63, 3.8) is 0 Å². The van der Waals surface area contributed by atoms with Gasteiger partial charge < -0.3 is 14.8 Å². The van der Waals surface area contributed by atoms with Gasteiger partial charge in [0.2, 0.25) is 0 Å². The van der Waals surface area contributed by atoms with Gasteiger partial charge in [0, 0.05) is 0 Å². The van der Waals surface area contributed by atoms with Crippen LogP contribution in [0, 0.1) is 0 Å². The van der Waals surface area contributed by atoms with E-state index in [1.807, 2.05) is 48.5 Å². The number of nitrogens with one attached hydrogen (secondary N) is 1. The monoisotopic (exact) mass is 363 g/mol. The third kappa shape index (κ3) is 4.44. The lowest BCUT2D eigenvalue weighted by Gasteiger charge is -2.15. The van der Waals surface area contributed by atoms with Crippen molar-refractivity contribution in [3.8, 4) is 5.75 Å². The Morgan fingerprint density at radius 2 is 1.67 bits per heavy atom. The van der Waals surface area contributed by atoms with Gasteiger partial charge in [-0.2, -0.15) is 0 Å². The van der Waals surface area contributed by atoms with E-state index < -0.39 is 18.0 Å². The van der Waals surface area contributed by atoms with Crippen molar-refractivity contribution in [3.05, 3.63) is 72.3 Å². The molecule has 0 aromatic heterocycles. The number of rotatable bonds is 6. The maximum absolute atomic E-state index is 12.3. The number of para-hydroxylation sites is 2. The van der Waals surface area contributed by atoms with Gasteiger partial charge in [-0.3, -0.25) is 9.59 Å². The van der Waals surface area contributed by atoms with E-state index in [-0.39, 0.29) is 6.42 Å². The van der Waals surface area contributed by atoms with Crippen LogP contribution in [-0.4, -0.2) is 25.1 Å². The molecular formula is C22H21NO4. The van der Waals surface area contributed by atoms with E-state index in [0.717, 1.165) is 16.3 Å². The average molecular weight is 363 g/mol. The number of ether oxygens (including phenoxy) is 2. The normalized spacial score (nSPS) is 11.6. The van der Waals surface area contributed by atoms with E-state index in [4.69, 9.17) is 9.47 Å². The fourth-order valence-electron chi connectivity index (χ4n) is 2.88. The summed E-state index contributed by atoms with van der Waals surface area (Å²) in [5.41, 5.74) is 1.40. The average Bonchev–Trinajstić information content (AvgIpc) is 2.68. The van der Waals surface area contributed by atoms with Crippen molar-refractivity contribution < 1.29 is 19.1 Å². The number of amides is 1. The Morgan fingerprint density at radius 3 is 2.48 bits per heavy atom. The van der Waals surface area contributed by atoms with Crippen molar-refractivity contribution in [2.75, 3.05) is 12.4 Å². The third-order valence-electron chi connectivity index (χ3n) is 4.26. The van der Waals surface area contributed by atoms with Gasteiger partial charge in [-0.1, -0.05) is 54.6 Å². The zero-order chi connectivity index (χ0) is 19.2. The van der Waals surface area contributed by atoms with Crippen LogP contribution in [0.3, 0.4) is 0 Å². The molecule has 0 radical (unpaired) electrons. The number of benzene rings is 3. The fraction of sp³-hybridized carbons (Fsp3) is 0.182. The van der Waals surface area contributed by atoms with Crippen LogP contribution >= 0.6 is 0 Å². The second-order valence-corrected chi connectivity index (χ2v) is 6.14. The van der Waals surface area contributed by atoms with E-state index in [0.29, 0.717) is 11.4 Å². The summed E-state index contributed by atoms with van der Waals surface area (Å²) in [5.74, 6) is -0.320. The first-order valence-electron chi connectivity index (χ1n) is 8.68. The van der Waals surface area contributed by atoms with E-state index in [1.165, 1.54) is 7.11 Å². The van der Waals surface area contributed by atoms with E-state index >= 15 is 0 Å². The molecular weight excluding hydrogens is 342 g/mol. The predicted octanol–water partition coefficient (Wildman–Crippen LogP) is 3.96. The quantitative estimate of drug-likeness (QED) is 0.673. The number of fused-ring (bicyclic) bond motifs is 1.